The van der Waals surface area contributed by atoms with Gasteiger partial charge in [-0.1, -0.05) is 78.4 Å². The van der Waals surface area contributed by atoms with E-state index in [1.165, 1.54) is 37.0 Å². The van der Waals surface area contributed by atoms with Crippen molar-refractivity contribution in [2.75, 3.05) is 27.9 Å². The lowest BCUT2D eigenvalue weighted by molar-refractivity contribution is -0.148. The molecule has 0 radical (unpaired) electrons. The summed E-state index contributed by atoms with van der Waals surface area (Å²) in [5.41, 5.74) is 4.18. The summed E-state index contributed by atoms with van der Waals surface area (Å²) in [6, 6.07) is 21.9. The molecule has 0 saturated carbocycles. The number of amides is 1. The molecule has 0 N–H and O–H groups in total. The number of rotatable bonds is 6. The van der Waals surface area contributed by atoms with E-state index in [0.29, 0.717) is 0 Å². The Balaban J connectivity index is 1.65. The van der Waals surface area contributed by atoms with Crippen molar-refractivity contribution >= 4 is 34.9 Å². The minimum absolute atomic E-state index is 0.0281. The van der Waals surface area contributed by atoms with E-state index < -0.39 is 30.0 Å². The van der Waals surface area contributed by atoms with E-state index in [4.69, 9.17) is 14.2 Å². The molecular weight excluding hydrogens is 470 g/mol. The van der Waals surface area contributed by atoms with Gasteiger partial charge in [-0.2, -0.15) is 0 Å². The average molecular weight is 502 g/mol. The Morgan fingerprint density at radius 1 is 0.892 bits per heavy atom. The standard InChI is InChI=1S/C30H31NO6/c1-19(26-18-31(30(34)37-4)28(29(33)36-3)25(26)17-27(32)35-2)16-20-12-14-22(15-13-20)24-11-7-9-21-8-5-6-10-23(21)24/h5-16,25-26,28H,17-18H2,1-4H3/b19-16+/t25-,26+,28-/m0/s1. The molecule has 7 heteroatoms. The second kappa shape index (κ2) is 11.3. The Labute approximate surface area is 216 Å². The summed E-state index contributed by atoms with van der Waals surface area (Å²) in [6.07, 6.45) is 1.36. The number of fused-ring (bicyclic) bond motifs is 1. The quantitative estimate of drug-likeness (QED) is 0.335. The van der Waals surface area contributed by atoms with Crippen LogP contribution in [0.2, 0.25) is 0 Å². The van der Waals surface area contributed by atoms with E-state index in [-0.39, 0.29) is 18.9 Å². The predicted octanol–water partition coefficient (Wildman–Crippen LogP) is 5.33. The van der Waals surface area contributed by atoms with Gasteiger partial charge >= 0.3 is 18.0 Å². The fraction of sp³-hybridized carbons (Fsp3) is 0.300. The molecular formula is C30H31NO6. The summed E-state index contributed by atoms with van der Waals surface area (Å²) in [4.78, 5) is 38.7. The molecule has 1 amide bonds. The van der Waals surface area contributed by atoms with Gasteiger partial charge < -0.3 is 14.2 Å². The molecule has 37 heavy (non-hydrogen) atoms. The first-order valence-corrected chi connectivity index (χ1v) is 12.1. The number of carbonyl (C=O) groups excluding carboxylic acids is 3. The van der Waals surface area contributed by atoms with Crippen molar-refractivity contribution in [3.05, 3.63) is 77.9 Å². The van der Waals surface area contributed by atoms with E-state index in [0.717, 1.165) is 22.3 Å². The number of nitrogens with zero attached hydrogens (tertiary/aromatic N) is 1. The Morgan fingerprint density at radius 2 is 1.59 bits per heavy atom. The predicted molar refractivity (Wildman–Crippen MR) is 142 cm³/mol. The highest BCUT2D eigenvalue weighted by Gasteiger charge is 2.50. The van der Waals surface area contributed by atoms with Crippen molar-refractivity contribution in [2.45, 2.75) is 19.4 Å². The molecule has 3 atom stereocenters. The maximum atomic E-state index is 12.7. The smallest absolute Gasteiger partial charge is 0.410 e. The van der Waals surface area contributed by atoms with Crippen LogP contribution >= 0.6 is 0 Å². The summed E-state index contributed by atoms with van der Waals surface area (Å²) in [5.74, 6) is -1.82. The third-order valence-corrected chi connectivity index (χ3v) is 7.12. The molecule has 0 aliphatic carbocycles. The van der Waals surface area contributed by atoms with Crippen molar-refractivity contribution in [3.63, 3.8) is 0 Å². The molecule has 1 heterocycles. The van der Waals surface area contributed by atoms with Crippen LogP contribution < -0.4 is 0 Å². The van der Waals surface area contributed by atoms with Gasteiger partial charge in [0.25, 0.3) is 0 Å². The fourth-order valence-electron chi connectivity index (χ4n) is 5.26. The second-order valence-corrected chi connectivity index (χ2v) is 9.18. The lowest BCUT2D eigenvalue weighted by atomic mass is 9.82. The van der Waals surface area contributed by atoms with Crippen LogP contribution in [0, 0.1) is 11.8 Å². The normalized spacial score (nSPS) is 19.5. The first kappa shape index (κ1) is 25.9. The molecule has 0 aromatic heterocycles. The first-order chi connectivity index (χ1) is 17.9. The van der Waals surface area contributed by atoms with Crippen LogP contribution in [0.5, 0.6) is 0 Å². The highest BCUT2D eigenvalue weighted by atomic mass is 16.5. The molecule has 192 valence electrons. The number of methoxy groups -OCH3 is 3. The number of benzene rings is 3. The minimum Gasteiger partial charge on any atom is -0.469 e. The van der Waals surface area contributed by atoms with Gasteiger partial charge in [-0.3, -0.25) is 9.69 Å². The lowest BCUT2D eigenvalue weighted by Gasteiger charge is -2.25. The SMILES string of the molecule is COC(=O)C[C@H]1[C@@H](/C(C)=C/c2ccc(-c3cccc4ccccc34)cc2)CN(C(=O)OC)[C@@H]1C(=O)OC. The lowest BCUT2D eigenvalue weighted by Crippen LogP contribution is -2.44. The Bertz CT molecular complexity index is 1320. The number of ether oxygens (including phenoxy) is 3. The summed E-state index contributed by atoms with van der Waals surface area (Å²) < 4.78 is 14.8. The molecule has 7 nitrogen and oxygen atoms in total. The Hall–Kier alpha value is -4.13. The second-order valence-electron chi connectivity index (χ2n) is 9.18. The molecule has 0 bridgehead atoms. The van der Waals surface area contributed by atoms with Crippen LogP contribution in [0.3, 0.4) is 0 Å². The molecule has 0 unspecified atom stereocenters. The molecule has 4 rings (SSSR count). The molecule has 1 aliphatic heterocycles. The van der Waals surface area contributed by atoms with E-state index in [9.17, 15) is 14.4 Å². The number of esters is 2. The van der Waals surface area contributed by atoms with E-state index in [1.807, 2.05) is 37.3 Å². The van der Waals surface area contributed by atoms with Gasteiger partial charge in [-0.15, -0.1) is 0 Å². The summed E-state index contributed by atoms with van der Waals surface area (Å²) in [6.45, 7) is 2.17. The maximum absolute atomic E-state index is 12.7. The van der Waals surface area contributed by atoms with Gasteiger partial charge in [0, 0.05) is 18.4 Å². The van der Waals surface area contributed by atoms with Crippen molar-refractivity contribution in [1.82, 2.24) is 4.90 Å². The van der Waals surface area contributed by atoms with Gasteiger partial charge in [0.05, 0.1) is 27.8 Å². The molecule has 1 saturated heterocycles. The van der Waals surface area contributed by atoms with Crippen molar-refractivity contribution in [3.8, 4) is 11.1 Å². The zero-order valence-electron chi connectivity index (χ0n) is 21.5. The van der Waals surface area contributed by atoms with E-state index in [2.05, 4.69) is 42.5 Å². The van der Waals surface area contributed by atoms with Crippen LogP contribution in [0.1, 0.15) is 18.9 Å². The molecule has 0 spiro atoms. The van der Waals surface area contributed by atoms with Gasteiger partial charge in [-0.05, 0) is 34.4 Å². The molecule has 3 aromatic carbocycles. The number of likely N-dealkylation sites (tertiary alicyclic amines) is 1. The molecule has 1 fully saturated rings. The Kier molecular flexibility index (Phi) is 7.92. The zero-order valence-corrected chi connectivity index (χ0v) is 21.5. The maximum Gasteiger partial charge on any atom is 0.410 e. The summed E-state index contributed by atoms with van der Waals surface area (Å²) >= 11 is 0. The van der Waals surface area contributed by atoms with Crippen molar-refractivity contribution < 1.29 is 28.6 Å². The number of hydrogen-bond acceptors (Lipinski definition) is 6. The number of hydrogen-bond donors (Lipinski definition) is 0. The first-order valence-electron chi connectivity index (χ1n) is 12.1. The summed E-state index contributed by atoms with van der Waals surface area (Å²) in [7, 11) is 3.83. The average Bonchev–Trinajstić information content (AvgIpc) is 3.31. The van der Waals surface area contributed by atoms with E-state index >= 15 is 0 Å². The number of carbonyl (C=O) groups is 3. The summed E-state index contributed by atoms with van der Waals surface area (Å²) in [5, 5.41) is 2.38. The van der Waals surface area contributed by atoms with Crippen LogP contribution in [0.25, 0.3) is 28.0 Å². The molecule has 3 aromatic rings. The van der Waals surface area contributed by atoms with Gasteiger partial charge in [0.15, 0.2) is 0 Å². The Morgan fingerprint density at radius 3 is 2.27 bits per heavy atom. The van der Waals surface area contributed by atoms with Gasteiger partial charge in [-0.25, -0.2) is 9.59 Å². The van der Waals surface area contributed by atoms with Crippen molar-refractivity contribution in [2.24, 2.45) is 11.8 Å². The third kappa shape index (κ3) is 5.35. The van der Waals surface area contributed by atoms with E-state index in [1.54, 1.807) is 0 Å². The topological polar surface area (TPSA) is 82.1 Å². The van der Waals surface area contributed by atoms with Crippen LogP contribution in [0.15, 0.2) is 72.3 Å². The van der Waals surface area contributed by atoms with Gasteiger partial charge in [0.1, 0.15) is 6.04 Å². The van der Waals surface area contributed by atoms with Crippen LogP contribution in [0.4, 0.5) is 4.79 Å². The van der Waals surface area contributed by atoms with Crippen LogP contribution in [-0.4, -0.2) is 56.8 Å². The fourth-order valence-corrected chi connectivity index (χ4v) is 5.26. The van der Waals surface area contributed by atoms with Gasteiger partial charge in [0.2, 0.25) is 0 Å². The minimum atomic E-state index is -0.946. The largest absolute Gasteiger partial charge is 0.469 e. The zero-order chi connectivity index (χ0) is 26.5. The van der Waals surface area contributed by atoms with Crippen molar-refractivity contribution in [1.29, 1.82) is 0 Å². The third-order valence-electron chi connectivity index (χ3n) is 7.12. The highest BCUT2D eigenvalue weighted by Crippen LogP contribution is 2.39. The highest BCUT2D eigenvalue weighted by molar-refractivity contribution is 5.96. The monoisotopic (exact) mass is 501 g/mol. The van der Waals surface area contributed by atoms with Crippen LogP contribution in [-0.2, 0) is 23.8 Å². The molecule has 1 aliphatic rings.